The van der Waals surface area contributed by atoms with E-state index in [2.05, 4.69) is 19.1 Å². The number of benzene rings is 1. The smallest absolute Gasteiger partial charge is 0.339 e. The topological polar surface area (TPSA) is 77.8 Å². The predicted octanol–water partition coefficient (Wildman–Crippen LogP) is 7.09. The zero-order valence-electron chi connectivity index (χ0n) is 19.4. The monoisotopic (exact) mass is 431 g/mol. The van der Waals surface area contributed by atoms with Crippen molar-refractivity contribution in [1.29, 1.82) is 0 Å². The fraction of sp³-hybridized carbons (Fsp3) is 0.615. The number of hydrogen-bond donors (Lipinski definition) is 2. The molecule has 0 unspecified atom stereocenters. The third-order valence-electron chi connectivity index (χ3n) is 5.62. The molecule has 31 heavy (non-hydrogen) atoms. The quantitative estimate of drug-likeness (QED) is 0.204. The summed E-state index contributed by atoms with van der Waals surface area (Å²) in [7, 11) is 1.64. The number of phenols is 1. The van der Waals surface area contributed by atoms with Gasteiger partial charge < -0.3 is 15.1 Å². The Morgan fingerprint density at radius 3 is 2.00 bits per heavy atom. The van der Waals surface area contributed by atoms with Crippen molar-refractivity contribution in [2.45, 2.75) is 96.8 Å². The number of rotatable bonds is 17. The maximum absolute atomic E-state index is 12.4. The highest BCUT2D eigenvalue weighted by atomic mass is 16.4. The van der Waals surface area contributed by atoms with E-state index in [1.807, 2.05) is 0 Å². The normalized spacial score (nSPS) is 11.2. The summed E-state index contributed by atoms with van der Waals surface area (Å²) in [6.07, 6.45) is 20.9. The molecule has 0 saturated carbocycles. The van der Waals surface area contributed by atoms with Gasteiger partial charge in [-0.05, 0) is 50.3 Å². The molecule has 0 radical (unpaired) electrons. The minimum Gasteiger partial charge on any atom is -0.507 e. The summed E-state index contributed by atoms with van der Waals surface area (Å²) >= 11 is 0. The molecular formula is C26H41NO4. The van der Waals surface area contributed by atoms with Crippen LogP contribution in [0, 0.1) is 0 Å². The molecule has 1 aromatic carbocycles. The number of carboxylic acids is 1. The van der Waals surface area contributed by atoms with E-state index in [1.165, 1.54) is 74.8 Å². The van der Waals surface area contributed by atoms with E-state index in [9.17, 15) is 14.7 Å². The number of allylic oxidation sites excluding steroid dienone is 2. The van der Waals surface area contributed by atoms with Gasteiger partial charge in [0.05, 0.1) is 0 Å². The zero-order valence-corrected chi connectivity index (χ0v) is 19.4. The Balaban J connectivity index is 2.09. The number of carboxylic acid groups (broad SMARTS) is 1. The number of nitrogens with zero attached hydrogens (tertiary/aromatic N) is 1. The van der Waals surface area contributed by atoms with Crippen molar-refractivity contribution in [1.82, 2.24) is 0 Å². The van der Waals surface area contributed by atoms with Gasteiger partial charge in [0, 0.05) is 19.2 Å². The number of anilines is 1. The molecule has 0 aliphatic heterocycles. The predicted molar refractivity (Wildman–Crippen MR) is 128 cm³/mol. The van der Waals surface area contributed by atoms with Crippen LogP contribution >= 0.6 is 0 Å². The second-order valence-electron chi connectivity index (χ2n) is 8.29. The highest BCUT2D eigenvalue weighted by molar-refractivity contribution is 5.96. The highest BCUT2D eigenvalue weighted by Gasteiger charge is 2.15. The van der Waals surface area contributed by atoms with Gasteiger partial charge in [0.1, 0.15) is 11.3 Å². The molecule has 0 aliphatic carbocycles. The van der Waals surface area contributed by atoms with Gasteiger partial charge in [-0.2, -0.15) is 0 Å². The summed E-state index contributed by atoms with van der Waals surface area (Å²) in [6, 6.07) is 4.19. The lowest BCUT2D eigenvalue weighted by Gasteiger charge is -2.18. The van der Waals surface area contributed by atoms with Gasteiger partial charge in [-0.3, -0.25) is 4.79 Å². The lowest BCUT2D eigenvalue weighted by molar-refractivity contribution is -0.118. The van der Waals surface area contributed by atoms with Crippen LogP contribution in [0.25, 0.3) is 0 Å². The average molecular weight is 432 g/mol. The summed E-state index contributed by atoms with van der Waals surface area (Å²) in [6.45, 7) is 2.25. The summed E-state index contributed by atoms with van der Waals surface area (Å²) < 4.78 is 0. The maximum atomic E-state index is 12.4. The molecule has 0 saturated heterocycles. The van der Waals surface area contributed by atoms with Crippen molar-refractivity contribution >= 4 is 17.6 Å². The van der Waals surface area contributed by atoms with Gasteiger partial charge in [0.25, 0.3) is 0 Å². The van der Waals surface area contributed by atoms with Crippen molar-refractivity contribution in [2.24, 2.45) is 0 Å². The SMILES string of the molecule is CCCCCCCCC=CCCCCCCCC(=O)N(C)c1ccc(O)c(C(=O)O)c1. The molecular weight excluding hydrogens is 390 g/mol. The van der Waals surface area contributed by atoms with Crippen LogP contribution in [-0.2, 0) is 4.79 Å². The molecule has 0 aromatic heterocycles. The molecule has 1 amide bonds. The van der Waals surface area contributed by atoms with E-state index in [1.54, 1.807) is 13.1 Å². The summed E-state index contributed by atoms with van der Waals surface area (Å²) in [5.74, 6) is -1.55. The van der Waals surface area contributed by atoms with E-state index in [4.69, 9.17) is 5.11 Å². The van der Waals surface area contributed by atoms with Crippen LogP contribution in [-0.4, -0.2) is 29.1 Å². The Morgan fingerprint density at radius 1 is 0.871 bits per heavy atom. The Hall–Kier alpha value is -2.30. The van der Waals surface area contributed by atoms with E-state index in [-0.39, 0.29) is 17.2 Å². The molecule has 0 fully saturated rings. The molecule has 174 valence electrons. The first-order chi connectivity index (χ1) is 15.0. The number of aromatic hydroxyl groups is 1. The second kappa shape index (κ2) is 16.4. The summed E-state index contributed by atoms with van der Waals surface area (Å²) in [4.78, 5) is 24.9. The van der Waals surface area contributed by atoms with Crippen LogP contribution in [0.5, 0.6) is 5.75 Å². The lowest BCUT2D eigenvalue weighted by atomic mass is 10.1. The molecule has 5 heteroatoms. The summed E-state index contributed by atoms with van der Waals surface area (Å²) in [5, 5.41) is 18.7. The molecule has 5 nitrogen and oxygen atoms in total. The van der Waals surface area contributed by atoms with Crippen LogP contribution in [0.15, 0.2) is 30.4 Å². The Labute approximate surface area is 188 Å². The summed E-state index contributed by atoms with van der Waals surface area (Å²) in [5.41, 5.74) is 0.283. The van der Waals surface area contributed by atoms with E-state index >= 15 is 0 Å². The van der Waals surface area contributed by atoms with Crippen molar-refractivity contribution < 1.29 is 19.8 Å². The van der Waals surface area contributed by atoms with Crippen LogP contribution in [0.2, 0.25) is 0 Å². The molecule has 1 aromatic rings. The molecule has 0 atom stereocenters. The standard InChI is InChI=1S/C26H41NO4/c1-3-4-5-6-7-8-9-10-11-12-13-14-15-16-17-18-25(29)27(2)22-19-20-24(28)23(21-22)26(30)31/h10-11,19-21,28H,3-9,12-18H2,1-2H3,(H,30,31). The van der Waals surface area contributed by atoms with Crippen molar-refractivity contribution in [3.63, 3.8) is 0 Å². The third kappa shape index (κ3) is 11.6. The van der Waals surface area contributed by atoms with Gasteiger partial charge in [-0.25, -0.2) is 4.79 Å². The first-order valence-corrected chi connectivity index (χ1v) is 11.9. The van der Waals surface area contributed by atoms with Crippen LogP contribution < -0.4 is 4.90 Å². The highest BCUT2D eigenvalue weighted by Crippen LogP contribution is 2.24. The van der Waals surface area contributed by atoms with Crippen LogP contribution in [0.3, 0.4) is 0 Å². The largest absolute Gasteiger partial charge is 0.507 e. The molecule has 0 spiro atoms. The Morgan fingerprint density at radius 2 is 1.42 bits per heavy atom. The zero-order chi connectivity index (χ0) is 22.9. The second-order valence-corrected chi connectivity index (χ2v) is 8.29. The van der Waals surface area contributed by atoms with Gasteiger partial charge in [-0.1, -0.05) is 70.4 Å². The third-order valence-corrected chi connectivity index (χ3v) is 5.62. The molecule has 1 rings (SSSR count). The van der Waals surface area contributed by atoms with Crippen LogP contribution in [0.4, 0.5) is 5.69 Å². The minimum atomic E-state index is -1.21. The van der Waals surface area contributed by atoms with Crippen molar-refractivity contribution in [2.75, 3.05) is 11.9 Å². The van der Waals surface area contributed by atoms with Gasteiger partial charge >= 0.3 is 5.97 Å². The van der Waals surface area contributed by atoms with Crippen LogP contribution in [0.1, 0.15) is 107 Å². The number of hydrogen-bond acceptors (Lipinski definition) is 3. The maximum Gasteiger partial charge on any atom is 0.339 e. The number of aromatic carboxylic acids is 1. The molecule has 0 bridgehead atoms. The number of amides is 1. The average Bonchev–Trinajstić information content (AvgIpc) is 2.75. The van der Waals surface area contributed by atoms with E-state index < -0.39 is 5.97 Å². The number of carbonyl (C=O) groups excluding carboxylic acids is 1. The lowest BCUT2D eigenvalue weighted by Crippen LogP contribution is -2.26. The number of carbonyl (C=O) groups is 2. The van der Waals surface area contributed by atoms with Crippen molar-refractivity contribution in [3.8, 4) is 5.75 Å². The molecule has 2 N–H and O–H groups in total. The fourth-order valence-corrected chi connectivity index (χ4v) is 3.56. The van der Waals surface area contributed by atoms with E-state index in [0.29, 0.717) is 12.1 Å². The first kappa shape index (κ1) is 26.7. The van der Waals surface area contributed by atoms with E-state index in [0.717, 1.165) is 25.7 Å². The Kier molecular flexibility index (Phi) is 14.1. The minimum absolute atomic E-state index is 0.0420. The van der Waals surface area contributed by atoms with Gasteiger partial charge in [0.15, 0.2) is 0 Å². The Bertz CT molecular complexity index is 684. The first-order valence-electron chi connectivity index (χ1n) is 11.9. The number of unbranched alkanes of at least 4 members (excludes halogenated alkanes) is 11. The molecule has 0 aliphatic rings. The fourth-order valence-electron chi connectivity index (χ4n) is 3.56. The van der Waals surface area contributed by atoms with Crippen molar-refractivity contribution in [3.05, 3.63) is 35.9 Å². The molecule has 0 heterocycles. The van der Waals surface area contributed by atoms with Gasteiger partial charge in [0.2, 0.25) is 5.91 Å². The van der Waals surface area contributed by atoms with Gasteiger partial charge in [-0.15, -0.1) is 0 Å².